The first-order valence-electron chi connectivity index (χ1n) is 7.97. The zero-order valence-electron chi connectivity index (χ0n) is 13.8. The highest BCUT2D eigenvalue weighted by molar-refractivity contribution is 9.10. The Hall–Kier alpha value is 0.370. The largest absolute Gasteiger partial charge is 0.598 e. The van der Waals surface area contributed by atoms with Crippen molar-refractivity contribution in [2.24, 2.45) is 0 Å². The van der Waals surface area contributed by atoms with Gasteiger partial charge in [-0.3, -0.25) is 0 Å². The Morgan fingerprint density at radius 1 is 1.22 bits per heavy atom. The van der Waals surface area contributed by atoms with E-state index in [1.165, 1.54) is 4.88 Å². The van der Waals surface area contributed by atoms with Gasteiger partial charge in [-0.2, -0.15) is 0 Å². The molecular formula is C16H24BrNO3S2. The number of rotatable bonds is 3. The van der Waals surface area contributed by atoms with E-state index in [-0.39, 0.29) is 10.3 Å². The monoisotopic (exact) mass is 421 g/mol. The summed E-state index contributed by atoms with van der Waals surface area (Å²) in [5.41, 5.74) is -0.268. The first-order valence-corrected chi connectivity index (χ1v) is 10.8. The minimum absolute atomic E-state index is 0.268. The van der Waals surface area contributed by atoms with E-state index < -0.39 is 17.1 Å². The Morgan fingerprint density at radius 2 is 1.83 bits per heavy atom. The molecule has 0 radical (unpaired) electrons. The van der Waals surface area contributed by atoms with Crippen molar-refractivity contribution in [3.63, 3.8) is 0 Å². The van der Waals surface area contributed by atoms with Crippen LogP contribution in [0.4, 0.5) is 0 Å². The highest BCUT2D eigenvalue weighted by Gasteiger charge is 2.50. The van der Waals surface area contributed by atoms with Gasteiger partial charge in [0, 0.05) is 38.9 Å². The lowest BCUT2D eigenvalue weighted by Gasteiger charge is -2.44. The van der Waals surface area contributed by atoms with E-state index in [0.717, 1.165) is 30.2 Å². The van der Waals surface area contributed by atoms with Gasteiger partial charge in [-0.1, -0.05) is 0 Å². The van der Waals surface area contributed by atoms with Crippen molar-refractivity contribution in [1.29, 1.82) is 0 Å². The van der Waals surface area contributed by atoms with E-state index in [4.69, 9.17) is 9.47 Å². The molecule has 3 rings (SSSR count). The normalized spacial score (nSPS) is 24.9. The molecule has 2 fully saturated rings. The highest BCUT2D eigenvalue weighted by atomic mass is 79.9. The average molecular weight is 422 g/mol. The van der Waals surface area contributed by atoms with E-state index in [2.05, 4.69) is 32.1 Å². The van der Waals surface area contributed by atoms with E-state index >= 15 is 0 Å². The molecular weight excluding hydrogens is 398 g/mol. The summed E-state index contributed by atoms with van der Waals surface area (Å²) in [5, 5.41) is 2.09. The molecule has 1 aromatic rings. The SMILES string of the molecule is CC(C)(C)[S+]([O-])NC1(c2cc(Br)cs2)CCC2(CC1)OCCO2. The Kier molecular flexibility index (Phi) is 5.21. The highest BCUT2D eigenvalue weighted by Crippen LogP contribution is 2.47. The van der Waals surface area contributed by atoms with Crippen LogP contribution < -0.4 is 4.72 Å². The van der Waals surface area contributed by atoms with Gasteiger partial charge in [-0.25, -0.2) is 0 Å². The van der Waals surface area contributed by atoms with Gasteiger partial charge in [0.05, 0.1) is 18.8 Å². The van der Waals surface area contributed by atoms with Crippen LogP contribution in [0.15, 0.2) is 15.9 Å². The third-order valence-electron chi connectivity index (χ3n) is 4.56. The van der Waals surface area contributed by atoms with Crippen LogP contribution in [0.5, 0.6) is 0 Å². The Labute approximate surface area is 153 Å². The van der Waals surface area contributed by atoms with Crippen molar-refractivity contribution in [2.75, 3.05) is 13.2 Å². The van der Waals surface area contributed by atoms with Gasteiger partial charge in [0.2, 0.25) is 0 Å². The molecule has 1 saturated carbocycles. The van der Waals surface area contributed by atoms with Gasteiger partial charge in [0.15, 0.2) is 5.79 Å². The maximum atomic E-state index is 12.8. The predicted octanol–water partition coefficient (Wildman–Crippen LogP) is 4.07. The van der Waals surface area contributed by atoms with Gasteiger partial charge in [0.1, 0.15) is 4.75 Å². The summed E-state index contributed by atoms with van der Waals surface area (Å²) >= 11 is 4.14. The molecule has 1 spiro atoms. The van der Waals surface area contributed by atoms with Crippen LogP contribution in [0, 0.1) is 0 Å². The maximum Gasteiger partial charge on any atom is 0.168 e. The Balaban J connectivity index is 1.83. The molecule has 1 unspecified atom stereocenters. The number of ether oxygens (including phenoxy) is 2. The first-order chi connectivity index (χ1) is 10.7. The second kappa shape index (κ2) is 6.59. The Bertz CT molecular complexity index is 542. The second-order valence-corrected chi connectivity index (χ2v) is 11.1. The van der Waals surface area contributed by atoms with E-state index in [0.29, 0.717) is 13.2 Å². The zero-order chi connectivity index (χ0) is 16.7. The average Bonchev–Trinajstić information content (AvgIpc) is 3.11. The molecule has 1 aromatic heterocycles. The molecule has 1 saturated heterocycles. The molecule has 130 valence electrons. The van der Waals surface area contributed by atoms with Gasteiger partial charge in [0.25, 0.3) is 0 Å². The van der Waals surface area contributed by atoms with Crippen molar-refractivity contribution in [3.8, 4) is 0 Å². The summed E-state index contributed by atoms with van der Waals surface area (Å²) in [7, 11) is 0. The molecule has 0 aromatic carbocycles. The predicted molar refractivity (Wildman–Crippen MR) is 97.8 cm³/mol. The molecule has 1 aliphatic carbocycles. The topological polar surface area (TPSA) is 53.5 Å². The van der Waals surface area contributed by atoms with E-state index in [9.17, 15) is 4.55 Å². The number of halogens is 1. The fraction of sp³-hybridized carbons (Fsp3) is 0.750. The second-order valence-electron chi connectivity index (χ2n) is 7.30. The lowest BCUT2D eigenvalue weighted by Crippen LogP contribution is -2.55. The molecule has 1 atom stereocenters. The van der Waals surface area contributed by atoms with Crippen molar-refractivity contribution < 1.29 is 14.0 Å². The summed E-state index contributed by atoms with van der Waals surface area (Å²) in [5.74, 6) is -0.414. The van der Waals surface area contributed by atoms with Crippen LogP contribution in [0.1, 0.15) is 51.3 Å². The summed E-state index contributed by atoms with van der Waals surface area (Å²) in [6, 6.07) is 2.14. The molecule has 2 aliphatic rings. The van der Waals surface area contributed by atoms with Gasteiger partial charge in [-0.15, -0.1) is 16.1 Å². The minimum Gasteiger partial charge on any atom is -0.598 e. The molecule has 1 N–H and O–H groups in total. The van der Waals surface area contributed by atoms with Crippen LogP contribution in [-0.2, 0) is 26.4 Å². The first kappa shape index (κ1) is 18.2. The minimum atomic E-state index is -1.12. The van der Waals surface area contributed by atoms with Crippen LogP contribution >= 0.6 is 27.3 Å². The third-order valence-corrected chi connectivity index (χ3v) is 8.15. The summed E-state index contributed by atoms with van der Waals surface area (Å²) < 4.78 is 28.7. The molecule has 4 nitrogen and oxygen atoms in total. The number of thiophene rings is 1. The van der Waals surface area contributed by atoms with Crippen molar-refractivity contribution in [2.45, 2.75) is 62.5 Å². The molecule has 1 aliphatic heterocycles. The Morgan fingerprint density at radius 3 is 2.30 bits per heavy atom. The fourth-order valence-electron chi connectivity index (χ4n) is 3.14. The smallest absolute Gasteiger partial charge is 0.168 e. The summed E-state index contributed by atoms with van der Waals surface area (Å²) in [6.07, 6.45) is 3.39. The summed E-state index contributed by atoms with van der Waals surface area (Å²) in [6.45, 7) is 7.36. The van der Waals surface area contributed by atoms with E-state index in [1.54, 1.807) is 11.3 Å². The number of hydrogen-bond donors (Lipinski definition) is 1. The lowest BCUT2D eigenvalue weighted by molar-refractivity contribution is -0.185. The third kappa shape index (κ3) is 3.81. The number of hydrogen-bond acceptors (Lipinski definition) is 5. The molecule has 7 heteroatoms. The van der Waals surface area contributed by atoms with Crippen molar-refractivity contribution >= 4 is 38.6 Å². The maximum absolute atomic E-state index is 12.8. The molecule has 0 bridgehead atoms. The van der Waals surface area contributed by atoms with Crippen LogP contribution in [-0.4, -0.2) is 28.3 Å². The van der Waals surface area contributed by atoms with Gasteiger partial charge >= 0.3 is 0 Å². The molecule has 0 amide bonds. The van der Waals surface area contributed by atoms with Crippen LogP contribution in [0.2, 0.25) is 0 Å². The lowest BCUT2D eigenvalue weighted by atomic mass is 9.78. The van der Waals surface area contributed by atoms with Gasteiger partial charge in [-0.05, 0) is 55.6 Å². The fourth-order valence-corrected chi connectivity index (χ4v) is 5.82. The van der Waals surface area contributed by atoms with E-state index in [1.807, 2.05) is 20.8 Å². The van der Waals surface area contributed by atoms with Crippen molar-refractivity contribution in [1.82, 2.24) is 4.72 Å². The van der Waals surface area contributed by atoms with Crippen LogP contribution in [0.25, 0.3) is 0 Å². The zero-order valence-corrected chi connectivity index (χ0v) is 17.0. The molecule has 23 heavy (non-hydrogen) atoms. The number of nitrogens with one attached hydrogen (secondary N) is 1. The molecule has 2 heterocycles. The quantitative estimate of drug-likeness (QED) is 0.746. The van der Waals surface area contributed by atoms with Crippen LogP contribution in [0.3, 0.4) is 0 Å². The summed E-state index contributed by atoms with van der Waals surface area (Å²) in [4.78, 5) is 1.23. The van der Waals surface area contributed by atoms with Gasteiger partial charge < -0.3 is 14.0 Å². The standard InChI is InChI=1S/C16H24BrNO3S2/c1-14(2,3)23(19)18-15(13-10-12(17)11-22-13)4-6-16(7-5-15)20-8-9-21-16/h10-11,18H,4-9H2,1-3H3. The van der Waals surface area contributed by atoms with Crippen molar-refractivity contribution in [3.05, 3.63) is 20.8 Å².